The summed E-state index contributed by atoms with van der Waals surface area (Å²) in [5.41, 5.74) is 4.54. The Bertz CT molecular complexity index is 938. The van der Waals surface area contributed by atoms with Gasteiger partial charge in [0.1, 0.15) is 17.2 Å². The molecule has 0 saturated carbocycles. The molecule has 1 N–H and O–H groups in total. The van der Waals surface area contributed by atoms with Gasteiger partial charge in [-0.3, -0.25) is 4.79 Å². The molecule has 0 atom stereocenters. The summed E-state index contributed by atoms with van der Waals surface area (Å²) in [5, 5.41) is 3.98. The molecule has 0 aliphatic rings. The van der Waals surface area contributed by atoms with Gasteiger partial charge in [-0.25, -0.2) is 5.43 Å². The van der Waals surface area contributed by atoms with Gasteiger partial charge in [-0.05, 0) is 53.9 Å². The topological polar surface area (TPSA) is 59.9 Å². The van der Waals surface area contributed by atoms with Crippen molar-refractivity contribution in [2.45, 2.75) is 19.8 Å². The van der Waals surface area contributed by atoms with E-state index >= 15 is 0 Å². The maximum absolute atomic E-state index is 11.9. The third-order valence-corrected chi connectivity index (χ3v) is 4.07. The largest absolute Gasteiger partial charge is 0.484 e. The molecule has 0 aromatic heterocycles. The summed E-state index contributed by atoms with van der Waals surface area (Å²) in [4.78, 5) is 11.9. The van der Waals surface area contributed by atoms with E-state index in [0.29, 0.717) is 11.5 Å². The van der Waals surface area contributed by atoms with Gasteiger partial charge in [0.05, 0.1) is 6.21 Å². The fourth-order valence-electron chi connectivity index (χ4n) is 2.68. The molecule has 0 heterocycles. The molecule has 0 unspecified atom stereocenters. The van der Waals surface area contributed by atoms with Gasteiger partial charge in [-0.2, -0.15) is 5.10 Å². The molecule has 3 aromatic carbocycles. The molecular weight excluding hydrogens is 364 g/mol. The van der Waals surface area contributed by atoms with E-state index in [0.717, 1.165) is 24.2 Å². The lowest BCUT2D eigenvalue weighted by Crippen LogP contribution is -2.24. The van der Waals surface area contributed by atoms with E-state index in [1.807, 2.05) is 78.9 Å². The van der Waals surface area contributed by atoms with Crippen molar-refractivity contribution in [3.05, 3.63) is 90.0 Å². The summed E-state index contributed by atoms with van der Waals surface area (Å²) >= 11 is 0. The van der Waals surface area contributed by atoms with Gasteiger partial charge in [-0.1, -0.05) is 55.8 Å². The third-order valence-electron chi connectivity index (χ3n) is 4.07. The van der Waals surface area contributed by atoms with Crippen LogP contribution in [-0.2, 0) is 11.2 Å². The van der Waals surface area contributed by atoms with E-state index in [-0.39, 0.29) is 12.5 Å². The molecule has 0 bridgehead atoms. The van der Waals surface area contributed by atoms with Crippen molar-refractivity contribution >= 4 is 12.1 Å². The Balaban J connectivity index is 1.46. The van der Waals surface area contributed by atoms with Crippen LogP contribution in [0.3, 0.4) is 0 Å². The molecule has 0 aliphatic carbocycles. The Morgan fingerprint density at radius 2 is 1.69 bits per heavy atom. The Morgan fingerprint density at radius 1 is 0.931 bits per heavy atom. The molecule has 29 heavy (non-hydrogen) atoms. The van der Waals surface area contributed by atoms with Crippen LogP contribution in [0.25, 0.3) is 0 Å². The number of nitrogens with zero attached hydrogens (tertiary/aromatic N) is 1. The van der Waals surface area contributed by atoms with Crippen LogP contribution >= 0.6 is 0 Å². The minimum absolute atomic E-state index is 0.0956. The first-order valence-corrected chi connectivity index (χ1v) is 9.59. The van der Waals surface area contributed by atoms with Crippen LogP contribution in [0.15, 0.2) is 84.0 Å². The molecular formula is C24H24N2O3. The van der Waals surface area contributed by atoms with Gasteiger partial charge >= 0.3 is 0 Å². The minimum Gasteiger partial charge on any atom is -0.484 e. The first-order chi connectivity index (χ1) is 14.2. The first kappa shape index (κ1) is 20.1. The molecule has 0 aliphatic heterocycles. The summed E-state index contributed by atoms with van der Waals surface area (Å²) in [5.74, 6) is 1.79. The zero-order valence-electron chi connectivity index (χ0n) is 16.4. The quantitative estimate of drug-likeness (QED) is 0.416. The van der Waals surface area contributed by atoms with Crippen LogP contribution in [0.4, 0.5) is 0 Å². The van der Waals surface area contributed by atoms with E-state index in [9.17, 15) is 4.79 Å². The highest BCUT2D eigenvalue weighted by atomic mass is 16.5. The number of benzene rings is 3. The Morgan fingerprint density at radius 3 is 2.45 bits per heavy atom. The highest BCUT2D eigenvalue weighted by Crippen LogP contribution is 2.21. The summed E-state index contributed by atoms with van der Waals surface area (Å²) in [6.45, 7) is 2.05. The SMILES string of the molecule is CCCc1ccc(OCC(=O)NN=Cc2cccc(Oc3ccccc3)c2)cc1. The van der Waals surface area contributed by atoms with Crippen molar-refractivity contribution in [1.82, 2.24) is 5.43 Å². The predicted octanol–water partition coefficient (Wildman–Crippen LogP) is 4.96. The number of rotatable bonds is 9. The Kier molecular flexibility index (Phi) is 7.41. The zero-order chi connectivity index (χ0) is 20.3. The number of nitrogens with one attached hydrogen (secondary N) is 1. The lowest BCUT2D eigenvalue weighted by atomic mass is 10.1. The van der Waals surface area contributed by atoms with Crippen LogP contribution in [0.5, 0.6) is 17.2 Å². The van der Waals surface area contributed by atoms with E-state index < -0.39 is 0 Å². The van der Waals surface area contributed by atoms with Gasteiger partial charge in [-0.15, -0.1) is 0 Å². The molecule has 5 heteroatoms. The number of carbonyl (C=O) groups is 1. The van der Waals surface area contributed by atoms with Crippen LogP contribution < -0.4 is 14.9 Å². The molecule has 1 amide bonds. The average molecular weight is 388 g/mol. The summed E-state index contributed by atoms with van der Waals surface area (Å²) < 4.78 is 11.3. The van der Waals surface area contributed by atoms with Crippen LogP contribution in [0.2, 0.25) is 0 Å². The maximum Gasteiger partial charge on any atom is 0.277 e. The second-order valence-electron chi connectivity index (χ2n) is 6.46. The molecule has 3 rings (SSSR count). The number of hydrogen-bond donors (Lipinski definition) is 1. The van der Waals surface area contributed by atoms with Crippen molar-refractivity contribution in [1.29, 1.82) is 0 Å². The fourth-order valence-corrected chi connectivity index (χ4v) is 2.68. The van der Waals surface area contributed by atoms with Crippen molar-refractivity contribution in [3.63, 3.8) is 0 Å². The molecule has 0 radical (unpaired) electrons. The minimum atomic E-state index is -0.324. The number of amides is 1. The monoisotopic (exact) mass is 388 g/mol. The van der Waals surface area contributed by atoms with Gasteiger partial charge < -0.3 is 9.47 Å². The van der Waals surface area contributed by atoms with Crippen molar-refractivity contribution < 1.29 is 14.3 Å². The standard InChI is InChI=1S/C24H24N2O3/c1-2-7-19-12-14-21(15-13-19)28-18-24(27)26-25-17-20-8-6-11-23(16-20)29-22-9-4-3-5-10-22/h3-6,8-17H,2,7,18H2,1H3,(H,26,27). The second kappa shape index (κ2) is 10.7. The summed E-state index contributed by atoms with van der Waals surface area (Å²) in [6.07, 6.45) is 3.70. The zero-order valence-corrected chi connectivity index (χ0v) is 16.4. The lowest BCUT2D eigenvalue weighted by molar-refractivity contribution is -0.123. The molecule has 3 aromatic rings. The number of hydrazone groups is 1. The van der Waals surface area contributed by atoms with E-state index in [4.69, 9.17) is 9.47 Å². The number of hydrogen-bond acceptors (Lipinski definition) is 4. The Hall–Kier alpha value is -3.60. The normalized spacial score (nSPS) is 10.7. The fraction of sp³-hybridized carbons (Fsp3) is 0.167. The molecule has 0 saturated heterocycles. The highest BCUT2D eigenvalue weighted by Gasteiger charge is 2.02. The number of carbonyl (C=O) groups excluding carboxylic acids is 1. The predicted molar refractivity (Wildman–Crippen MR) is 115 cm³/mol. The van der Waals surface area contributed by atoms with Gasteiger partial charge in [0, 0.05) is 0 Å². The lowest BCUT2D eigenvalue weighted by Gasteiger charge is -2.06. The average Bonchev–Trinajstić information content (AvgIpc) is 2.74. The number of aryl methyl sites for hydroxylation is 1. The van der Waals surface area contributed by atoms with E-state index in [1.54, 1.807) is 6.21 Å². The molecule has 148 valence electrons. The van der Waals surface area contributed by atoms with Crippen LogP contribution in [0.1, 0.15) is 24.5 Å². The van der Waals surface area contributed by atoms with Crippen molar-refractivity contribution in [3.8, 4) is 17.2 Å². The van der Waals surface area contributed by atoms with Gasteiger partial charge in [0.2, 0.25) is 0 Å². The first-order valence-electron chi connectivity index (χ1n) is 9.59. The van der Waals surface area contributed by atoms with Crippen LogP contribution in [-0.4, -0.2) is 18.7 Å². The van der Waals surface area contributed by atoms with Crippen LogP contribution in [0, 0.1) is 0 Å². The second-order valence-corrected chi connectivity index (χ2v) is 6.46. The van der Waals surface area contributed by atoms with Gasteiger partial charge in [0.15, 0.2) is 6.61 Å². The number of ether oxygens (including phenoxy) is 2. The molecule has 0 fully saturated rings. The summed E-state index contributed by atoms with van der Waals surface area (Å²) in [6, 6.07) is 24.8. The van der Waals surface area contributed by atoms with Crippen molar-refractivity contribution in [2.24, 2.45) is 5.10 Å². The van der Waals surface area contributed by atoms with Crippen molar-refractivity contribution in [2.75, 3.05) is 6.61 Å². The Labute approximate surface area is 171 Å². The number of para-hydroxylation sites is 1. The smallest absolute Gasteiger partial charge is 0.277 e. The summed E-state index contributed by atoms with van der Waals surface area (Å²) in [7, 11) is 0. The highest BCUT2D eigenvalue weighted by molar-refractivity contribution is 5.83. The van der Waals surface area contributed by atoms with E-state index in [2.05, 4.69) is 17.5 Å². The van der Waals surface area contributed by atoms with Gasteiger partial charge in [0.25, 0.3) is 5.91 Å². The maximum atomic E-state index is 11.9. The molecule has 5 nitrogen and oxygen atoms in total. The third kappa shape index (κ3) is 6.81. The van der Waals surface area contributed by atoms with E-state index in [1.165, 1.54) is 5.56 Å². The molecule has 0 spiro atoms.